The van der Waals surface area contributed by atoms with E-state index in [1.165, 1.54) is 18.2 Å². The van der Waals surface area contributed by atoms with Crippen LogP contribution in [0, 0.1) is 5.21 Å². The first kappa shape index (κ1) is 27.4. The summed E-state index contributed by atoms with van der Waals surface area (Å²) in [6, 6.07) is 12.4. The van der Waals surface area contributed by atoms with Gasteiger partial charge in [-0.2, -0.15) is 26.3 Å². The molecule has 1 aliphatic heterocycles. The van der Waals surface area contributed by atoms with Crippen molar-refractivity contribution < 1.29 is 31.1 Å². The van der Waals surface area contributed by atoms with Crippen molar-refractivity contribution in [2.45, 2.75) is 69.3 Å². The van der Waals surface area contributed by atoms with Crippen molar-refractivity contribution >= 4 is 5.69 Å². The highest BCUT2D eigenvalue weighted by atomic mass is 19.4. The molecule has 208 valence electrons. The van der Waals surface area contributed by atoms with Gasteiger partial charge >= 0.3 is 12.4 Å². The summed E-state index contributed by atoms with van der Waals surface area (Å²) in [4.78, 5) is 3.51. The monoisotopic (exact) mass is 551 g/mol. The Morgan fingerprint density at radius 3 is 2.23 bits per heavy atom. The molecule has 1 aliphatic carbocycles. The second kappa shape index (κ2) is 10.1. The lowest BCUT2D eigenvalue weighted by molar-refractivity contribution is -0.141. The van der Waals surface area contributed by atoms with E-state index >= 15 is 0 Å². The van der Waals surface area contributed by atoms with E-state index in [-0.39, 0.29) is 11.8 Å². The first-order valence-electron chi connectivity index (χ1n) is 12.7. The lowest BCUT2D eigenvalue weighted by atomic mass is 10.0. The van der Waals surface area contributed by atoms with Gasteiger partial charge in [0.05, 0.1) is 11.7 Å². The minimum atomic E-state index is -4.57. The fourth-order valence-electron chi connectivity index (χ4n) is 5.13. The van der Waals surface area contributed by atoms with Crippen molar-refractivity contribution in [3.8, 4) is 5.75 Å². The van der Waals surface area contributed by atoms with Crippen molar-refractivity contribution in [3.05, 3.63) is 94.5 Å². The van der Waals surface area contributed by atoms with E-state index in [0.717, 1.165) is 37.2 Å². The van der Waals surface area contributed by atoms with Gasteiger partial charge in [-0.15, -0.1) is 0 Å². The van der Waals surface area contributed by atoms with Gasteiger partial charge < -0.3 is 14.6 Å². The highest BCUT2D eigenvalue weighted by molar-refractivity contribution is 5.50. The number of rotatable bonds is 7. The molecule has 1 saturated heterocycles. The van der Waals surface area contributed by atoms with Gasteiger partial charge in [-0.05, 0) is 55.7 Å². The van der Waals surface area contributed by atoms with Gasteiger partial charge in [-0.3, -0.25) is 10.3 Å². The standard InChI is InChI=1S/C28H27F6N3O2/c1-17(19-5-13-25(35-16-19)28(32,33)34)36-26-14-12-24(18-3-2-4-23(15-18)39-22-10-11-22)37(26,38)21-8-6-20(7-9-21)27(29,30)31/h2-9,13,15-17,22,24,26,36H,10-12,14H2,1H3. The third-order valence-electron chi connectivity index (χ3n) is 7.33. The third-order valence-corrected chi connectivity index (χ3v) is 7.33. The highest BCUT2D eigenvalue weighted by Gasteiger charge is 2.47. The number of quaternary nitrogens is 1. The summed E-state index contributed by atoms with van der Waals surface area (Å²) in [7, 11) is 0. The summed E-state index contributed by atoms with van der Waals surface area (Å²) in [6.07, 6.45) is -5.89. The average molecular weight is 552 g/mol. The van der Waals surface area contributed by atoms with E-state index < -0.39 is 46.5 Å². The van der Waals surface area contributed by atoms with Gasteiger partial charge in [0.1, 0.15) is 29.3 Å². The fourth-order valence-corrected chi connectivity index (χ4v) is 5.13. The number of hydroxylamine groups is 2. The molecule has 1 N–H and O–H groups in total. The van der Waals surface area contributed by atoms with Crippen LogP contribution >= 0.6 is 0 Å². The molecule has 39 heavy (non-hydrogen) atoms. The van der Waals surface area contributed by atoms with Crippen LogP contribution in [0.4, 0.5) is 32.0 Å². The maximum Gasteiger partial charge on any atom is 0.433 e. The van der Waals surface area contributed by atoms with Crippen molar-refractivity contribution in [3.63, 3.8) is 0 Å². The molecule has 5 rings (SSSR count). The van der Waals surface area contributed by atoms with E-state index in [0.29, 0.717) is 29.7 Å². The van der Waals surface area contributed by atoms with Crippen LogP contribution in [0.1, 0.15) is 67.1 Å². The molecule has 0 spiro atoms. The second-order valence-corrected chi connectivity index (χ2v) is 10.1. The van der Waals surface area contributed by atoms with Crippen LogP contribution in [0.25, 0.3) is 0 Å². The predicted molar refractivity (Wildman–Crippen MR) is 133 cm³/mol. The molecule has 2 heterocycles. The zero-order valence-electron chi connectivity index (χ0n) is 21.0. The molecule has 3 aromatic rings. The van der Waals surface area contributed by atoms with E-state index in [1.807, 2.05) is 18.2 Å². The number of hydrogen-bond donors (Lipinski definition) is 1. The Labute approximate surface area is 221 Å². The van der Waals surface area contributed by atoms with Gasteiger partial charge in [0.2, 0.25) is 0 Å². The Bertz CT molecular complexity index is 1290. The number of nitrogens with one attached hydrogen (secondary N) is 1. The molecule has 5 nitrogen and oxygen atoms in total. The van der Waals surface area contributed by atoms with Crippen LogP contribution in [-0.4, -0.2) is 17.3 Å². The summed E-state index contributed by atoms with van der Waals surface area (Å²) in [6.45, 7) is 1.71. The zero-order valence-corrected chi connectivity index (χ0v) is 21.0. The average Bonchev–Trinajstić information content (AvgIpc) is 3.65. The number of nitrogens with zero attached hydrogens (tertiary/aromatic N) is 2. The third kappa shape index (κ3) is 5.75. The number of benzene rings is 2. The Kier molecular flexibility index (Phi) is 7.11. The summed E-state index contributed by atoms with van der Waals surface area (Å²) in [5.74, 6) is 0.634. The van der Waals surface area contributed by atoms with E-state index in [9.17, 15) is 31.5 Å². The smallest absolute Gasteiger partial charge is 0.433 e. The fraction of sp³-hybridized carbons (Fsp3) is 0.393. The Hall–Kier alpha value is -3.15. The Morgan fingerprint density at radius 1 is 0.923 bits per heavy atom. The summed E-state index contributed by atoms with van der Waals surface area (Å²) in [5, 5.41) is 18.0. The number of ether oxygens (including phenoxy) is 1. The molecular weight excluding hydrogens is 524 g/mol. The summed E-state index contributed by atoms with van der Waals surface area (Å²) in [5.41, 5.74) is -0.579. The van der Waals surface area contributed by atoms with Gasteiger partial charge in [-0.25, -0.2) is 0 Å². The topological polar surface area (TPSA) is 57.2 Å². The number of pyridine rings is 1. The van der Waals surface area contributed by atoms with E-state index in [2.05, 4.69) is 10.3 Å². The van der Waals surface area contributed by atoms with Crippen molar-refractivity contribution in [2.24, 2.45) is 0 Å². The van der Waals surface area contributed by atoms with Crippen LogP contribution in [-0.2, 0) is 12.4 Å². The predicted octanol–water partition coefficient (Wildman–Crippen LogP) is 7.68. The quantitative estimate of drug-likeness (QED) is 0.186. The van der Waals surface area contributed by atoms with Crippen LogP contribution in [0.15, 0.2) is 66.9 Å². The molecule has 0 bridgehead atoms. The first-order chi connectivity index (χ1) is 18.4. The molecule has 4 unspecified atom stereocenters. The number of hydrogen-bond acceptors (Lipinski definition) is 4. The number of halogens is 6. The summed E-state index contributed by atoms with van der Waals surface area (Å²) < 4.78 is 83.5. The van der Waals surface area contributed by atoms with Crippen LogP contribution in [0.3, 0.4) is 0 Å². The molecule has 2 aromatic carbocycles. The minimum absolute atomic E-state index is 0.147. The molecule has 1 saturated carbocycles. The van der Waals surface area contributed by atoms with Gasteiger partial charge in [-0.1, -0.05) is 18.2 Å². The first-order valence-corrected chi connectivity index (χ1v) is 12.7. The van der Waals surface area contributed by atoms with Gasteiger partial charge in [0, 0.05) is 42.8 Å². The normalized spacial score (nSPS) is 24.5. The second-order valence-electron chi connectivity index (χ2n) is 10.1. The molecule has 2 aliphatic rings. The lowest BCUT2D eigenvalue weighted by Crippen LogP contribution is -2.56. The maximum absolute atomic E-state index is 14.8. The molecule has 0 radical (unpaired) electrons. The number of aromatic nitrogens is 1. The highest BCUT2D eigenvalue weighted by Crippen LogP contribution is 2.47. The molecule has 11 heteroatoms. The van der Waals surface area contributed by atoms with Gasteiger partial charge in [0.25, 0.3) is 0 Å². The molecule has 0 amide bonds. The molecule has 4 atom stereocenters. The van der Waals surface area contributed by atoms with Crippen LogP contribution in [0.5, 0.6) is 5.75 Å². The lowest BCUT2D eigenvalue weighted by Gasteiger charge is -2.49. The van der Waals surface area contributed by atoms with Gasteiger partial charge in [0.15, 0.2) is 0 Å². The molecule has 1 aromatic heterocycles. The SMILES string of the molecule is CC(NC1CCC(c2cccc(OC3CC3)c2)[N+]1([O-])c1ccc(C(F)(F)F)cc1)c1ccc(C(F)(F)F)nc1. The van der Waals surface area contributed by atoms with E-state index in [1.54, 1.807) is 13.0 Å². The Morgan fingerprint density at radius 2 is 1.64 bits per heavy atom. The molecular formula is C28H27F6N3O2. The maximum atomic E-state index is 14.8. The van der Waals surface area contributed by atoms with Crippen molar-refractivity contribution in [2.75, 3.05) is 0 Å². The largest absolute Gasteiger partial charge is 0.626 e. The minimum Gasteiger partial charge on any atom is -0.626 e. The summed E-state index contributed by atoms with van der Waals surface area (Å²) >= 11 is 0. The van der Waals surface area contributed by atoms with Crippen molar-refractivity contribution in [1.29, 1.82) is 0 Å². The van der Waals surface area contributed by atoms with Crippen molar-refractivity contribution in [1.82, 2.24) is 14.9 Å². The zero-order chi connectivity index (χ0) is 28.0. The van der Waals surface area contributed by atoms with Crippen LogP contribution in [0.2, 0.25) is 0 Å². The number of alkyl halides is 6. The van der Waals surface area contributed by atoms with Crippen LogP contribution < -0.4 is 14.7 Å². The Balaban J connectivity index is 1.46. The molecule has 2 fully saturated rings. The van der Waals surface area contributed by atoms with E-state index in [4.69, 9.17) is 4.74 Å².